The fraction of sp³-hybridized carbons (Fsp3) is 0.222. The van der Waals surface area contributed by atoms with E-state index >= 15 is 0 Å². The monoisotopic (exact) mass is 505 g/mol. The lowest BCUT2D eigenvalue weighted by atomic mass is 9.95. The molecular formula is C27H24F5NO3. The molecule has 1 atom stereocenters. The van der Waals surface area contributed by atoms with Crippen LogP contribution in [0, 0.1) is 18.6 Å². The third kappa shape index (κ3) is 5.80. The molecule has 190 valence electrons. The Kier molecular flexibility index (Phi) is 7.96. The topological polar surface area (TPSA) is 69.6 Å². The minimum atomic E-state index is -4.64. The van der Waals surface area contributed by atoms with E-state index < -0.39 is 41.5 Å². The molecule has 36 heavy (non-hydrogen) atoms. The summed E-state index contributed by atoms with van der Waals surface area (Å²) < 4.78 is 69.0. The van der Waals surface area contributed by atoms with Gasteiger partial charge in [0.15, 0.2) is 11.6 Å². The van der Waals surface area contributed by atoms with E-state index in [2.05, 4.69) is 5.32 Å². The Hall–Kier alpha value is -3.56. The van der Waals surface area contributed by atoms with E-state index in [9.17, 15) is 37.0 Å². The second kappa shape index (κ2) is 10.6. The molecule has 3 rings (SSSR count). The molecular weight excluding hydrogens is 481 g/mol. The number of benzene rings is 3. The number of aliphatic carboxylic acids is 1. The van der Waals surface area contributed by atoms with Gasteiger partial charge in [0.25, 0.3) is 0 Å². The van der Waals surface area contributed by atoms with E-state index in [-0.39, 0.29) is 17.7 Å². The Labute approximate surface area is 204 Å². The Bertz CT molecular complexity index is 1300. The van der Waals surface area contributed by atoms with E-state index in [1.807, 2.05) is 0 Å². The maximum atomic E-state index is 14.3. The van der Waals surface area contributed by atoms with Crippen molar-refractivity contribution < 1.29 is 37.0 Å². The fourth-order valence-corrected chi connectivity index (χ4v) is 3.63. The van der Waals surface area contributed by atoms with E-state index in [0.717, 1.165) is 12.1 Å². The number of halogens is 5. The zero-order chi connectivity index (χ0) is 26.7. The van der Waals surface area contributed by atoms with Crippen LogP contribution in [-0.2, 0) is 17.5 Å². The third-order valence-electron chi connectivity index (χ3n) is 5.95. The molecule has 0 saturated carbocycles. The van der Waals surface area contributed by atoms with Crippen LogP contribution >= 0.6 is 0 Å². The third-order valence-corrected chi connectivity index (χ3v) is 5.95. The van der Waals surface area contributed by atoms with E-state index in [4.69, 9.17) is 0 Å². The molecule has 9 heteroatoms. The summed E-state index contributed by atoms with van der Waals surface area (Å²) in [5.74, 6) is -3.33. The quantitative estimate of drug-likeness (QED) is 0.257. The average Bonchev–Trinajstić information content (AvgIpc) is 2.83. The Morgan fingerprint density at radius 1 is 0.972 bits per heavy atom. The minimum Gasteiger partial charge on any atom is -0.480 e. The van der Waals surface area contributed by atoms with Gasteiger partial charge in [-0.2, -0.15) is 13.2 Å². The van der Waals surface area contributed by atoms with Crippen LogP contribution in [0.5, 0.6) is 0 Å². The largest absolute Gasteiger partial charge is 0.480 e. The Morgan fingerprint density at radius 2 is 1.61 bits per heavy atom. The van der Waals surface area contributed by atoms with Crippen LogP contribution in [0.15, 0.2) is 54.6 Å². The summed E-state index contributed by atoms with van der Waals surface area (Å²) in [5, 5.41) is 21.3. The van der Waals surface area contributed by atoms with Gasteiger partial charge in [-0.25, -0.2) is 8.78 Å². The summed E-state index contributed by atoms with van der Waals surface area (Å²) in [7, 11) is 0. The molecule has 0 amide bonds. The van der Waals surface area contributed by atoms with Gasteiger partial charge < -0.3 is 10.2 Å². The highest BCUT2D eigenvalue weighted by molar-refractivity contribution is 5.79. The molecule has 0 aliphatic heterocycles. The number of rotatable bonds is 8. The summed E-state index contributed by atoms with van der Waals surface area (Å²) >= 11 is 0. The number of alkyl halides is 3. The lowest BCUT2D eigenvalue weighted by Crippen LogP contribution is -2.52. The average molecular weight is 505 g/mol. The maximum absolute atomic E-state index is 14.3. The minimum absolute atomic E-state index is 0.0390. The molecule has 0 fully saturated rings. The van der Waals surface area contributed by atoms with E-state index in [1.165, 1.54) is 43.3 Å². The fourth-order valence-electron chi connectivity index (χ4n) is 3.63. The molecule has 0 spiro atoms. The zero-order valence-corrected chi connectivity index (χ0v) is 19.5. The first kappa shape index (κ1) is 27.0. The lowest BCUT2D eigenvalue weighted by Gasteiger charge is -2.24. The van der Waals surface area contributed by atoms with Crippen LogP contribution < -0.4 is 5.32 Å². The highest BCUT2D eigenvalue weighted by atomic mass is 19.4. The highest BCUT2D eigenvalue weighted by Crippen LogP contribution is 2.34. The SMILES string of the molecule is Cc1c(/C=C/c2cc(CNC(C)(CO)C(=O)O)ccc2C(F)(F)F)cccc1-c1cccc(F)c1F. The normalized spacial score (nSPS) is 13.7. The van der Waals surface area contributed by atoms with Crippen molar-refractivity contribution in [3.05, 3.63) is 94.0 Å². The number of hydrogen-bond acceptors (Lipinski definition) is 3. The Balaban J connectivity index is 1.99. The first-order valence-corrected chi connectivity index (χ1v) is 10.9. The molecule has 0 aliphatic rings. The number of aliphatic hydroxyl groups excluding tert-OH is 1. The van der Waals surface area contributed by atoms with Crippen molar-refractivity contribution in [3.63, 3.8) is 0 Å². The van der Waals surface area contributed by atoms with E-state index in [0.29, 0.717) is 22.3 Å². The standard InChI is InChI=1S/C27H24F5NO3/c1-16-18(5-3-6-20(16)21-7-4-8-23(28)24(21)29)10-11-19-13-17(9-12-22(19)27(30,31)32)14-33-26(2,15-34)25(35)36/h3-13,33-34H,14-15H2,1-2H3,(H,35,36)/b11-10+. The van der Waals surface area contributed by atoms with Crippen molar-refractivity contribution in [2.45, 2.75) is 32.1 Å². The van der Waals surface area contributed by atoms with Gasteiger partial charge >= 0.3 is 12.1 Å². The molecule has 1 unspecified atom stereocenters. The number of carboxylic acids is 1. The Morgan fingerprint density at radius 3 is 2.25 bits per heavy atom. The van der Waals surface area contributed by atoms with Gasteiger partial charge in [-0.3, -0.25) is 10.1 Å². The smallest absolute Gasteiger partial charge is 0.416 e. The van der Waals surface area contributed by atoms with Gasteiger partial charge in [0.05, 0.1) is 12.2 Å². The molecule has 3 aromatic carbocycles. The summed E-state index contributed by atoms with van der Waals surface area (Å²) in [6, 6.07) is 12.0. The predicted octanol–water partition coefficient (Wildman–Crippen LogP) is 6.05. The number of carboxylic acid groups (broad SMARTS) is 1. The summed E-state index contributed by atoms with van der Waals surface area (Å²) in [5.41, 5.74) is -0.854. The summed E-state index contributed by atoms with van der Waals surface area (Å²) in [6.07, 6.45) is -1.93. The molecule has 0 aromatic heterocycles. The first-order chi connectivity index (χ1) is 16.9. The molecule has 0 aliphatic carbocycles. The van der Waals surface area contributed by atoms with Crippen molar-refractivity contribution in [1.82, 2.24) is 5.32 Å². The van der Waals surface area contributed by atoms with E-state index in [1.54, 1.807) is 25.1 Å². The number of aliphatic hydroxyl groups is 1. The van der Waals surface area contributed by atoms with Crippen LogP contribution in [-0.4, -0.2) is 28.3 Å². The van der Waals surface area contributed by atoms with Crippen molar-refractivity contribution in [2.75, 3.05) is 6.61 Å². The predicted molar refractivity (Wildman–Crippen MR) is 127 cm³/mol. The summed E-state index contributed by atoms with van der Waals surface area (Å²) in [4.78, 5) is 11.4. The first-order valence-electron chi connectivity index (χ1n) is 10.9. The van der Waals surface area contributed by atoms with Crippen molar-refractivity contribution in [2.24, 2.45) is 0 Å². The van der Waals surface area contributed by atoms with Crippen molar-refractivity contribution >= 4 is 18.1 Å². The van der Waals surface area contributed by atoms with Crippen LogP contribution in [0.1, 0.15) is 34.7 Å². The van der Waals surface area contributed by atoms with Crippen LogP contribution in [0.25, 0.3) is 23.3 Å². The molecule has 0 heterocycles. The molecule has 3 N–H and O–H groups in total. The van der Waals surface area contributed by atoms with Gasteiger partial charge in [0.1, 0.15) is 5.54 Å². The van der Waals surface area contributed by atoms with Gasteiger partial charge in [0.2, 0.25) is 0 Å². The molecule has 0 saturated heterocycles. The number of carbonyl (C=O) groups is 1. The van der Waals surface area contributed by atoms with Crippen LogP contribution in [0.2, 0.25) is 0 Å². The van der Waals surface area contributed by atoms with Gasteiger partial charge in [-0.15, -0.1) is 0 Å². The maximum Gasteiger partial charge on any atom is 0.416 e. The second-order valence-electron chi connectivity index (χ2n) is 8.52. The van der Waals surface area contributed by atoms with Crippen molar-refractivity contribution in [3.8, 4) is 11.1 Å². The van der Waals surface area contributed by atoms with Crippen LogP contribution in [0.3, 0.4) is 0 Å². The van der Waals surface area contributed by atoms with Gasteiger partial charge in [-0.1, -0.05) is 48.6 Å². The summed E-state index contributed by atoms with van der Waals surface area (Å²) in [6.45, 7) is 2.11. The number of nitrogens with one attached hydrogen (secondary N) is 1. The highest BCUT2D eigenvalue weighted by Gasteiger charge is 2.34. The van der Waals surface area contributed by atoms with Gasteiger partial charge in [-0.05, 0) is 59.9 Å². The number of hydrogen-bond donors (Lipinski definition) is 3. The van der Waals surface area contributed by atoms with Gasteiger partial charge in [0, 0.05) is 12.1 Å². The molecule has 0 radical (unpaired) electrons. The second-order valence-corrected chi connectivity index (χ2v) is 8.52. The van der Waals surface area contributed by atoms with Crippen LogP contribution in [0.4, 0.5) is 22.0 Å². The lowest BCUT2D eigenvalue weighted by molar-refractivity contribution is -0.146. The molecule has 0 bridgehead atoms. The zero-order valence-electron chi connectivity index (χ0n) is 19.5. The molecule has 3 aromatic rings. The molecule has 4 nitrogen and oxygen atoms in total. The van der Waals surface area contributed by atoms with Crippen molar-refractivity contribution in [1.29, 1.82) is 0 Å².